The van der Waals surface area contributed by atoms with Crippen LogP contribution in [0.1, 0.15) is 18.9 Å². The molecule has 2 aromatic carbocycles. The van der Waals surface area contributed by atoms with Gasteiger partial charge in [0, 0.05) is 5.69 Å². The van der Waals surface area contributed by atoms with Crippen LogP contribution >= 0.6 is 0 Å². The molecule has 7 nitrogen and oxygen atoms in total. The van der Waals surface area contributed by atoms with Gasteiger partial charge in [0.05, 0.1) is 18.4 Å². The minimum Gasteiger partial charge on any atom is -0.494 e. The highest BCUT2D eigenvalue weighted by Gasteiger charge is 2.10. The first-order valence-corrected chi connectivity index (χ1v) is 7.88. The largest absolute Gasteiger partial charge is 0.494 e. The number of anilines is 1. The number of benzene rings is 2. The predicted octanol–water partition coefficient (Wildman–Crippen LogP) is 2.98. The Morgan fingerprint density at radius 2 is 1.92 bits per heavy atom. The number of hydrogen-bond donors (Lipinski definition) is 1. The summed E-state index contributed by atoms with van der Waals surface area (Å²) in [6.07, 6.45) is -0.184. The van der Waals surface area contributed by atoms with Gasteiger partial charge in [-0.2, -0.15) is 10.1 Å². The van der Waals surface area contributed by atoms with E-state index in [0.717, 1.165) is 22.5 Å². The molecule has 3 aromatic rings. The molecule has 3 rings (SSSR count). The molecule has 1 amide bonds. The minimum absolute atomic E-state index is 0.184. The van der Waals surface area contributed by atoms with Crippen LogP contribution in [0, 0.1) is 18.3 Å². The van der Waals surface area contributed by atoms with E-state index in [9.17, 15) is 4.79 Å². The molecule has 0 saturated heterocycles. The summed E-state index contributed by atoms with van der Waals surface area (Å²) >= 11 is 0. The topological polar surface area (TPSA) is 92.8 Å². The number of aromatic nitrogens is 3. The maximum atomic E-state index is 11.6. The summed E-state index contributed by atoms with van der Waals surface area (Å²) in [7, 11) is 0. The Bertz CT molecular complexity index is 954. The average Bonchev–Trinajstić information content (AvgIpc) is 2.99. The molecule has 0 fully saturated rings. The number of amides is 1. The number of nitriles is 1. The fourth-order valence-corrected chi connectivity index (χ4v) is 2.43. The summed E-state index contributed by atoms with van der Waals surface area (Å²) in [5, 5.41) is 20.2. The zero-order valence-corrected chi connectivity index (χ0v) is 14.0. The predicted molar refractivity (Wildman–Crippen MR) is 93.6 cm³/mol. The van der Waals surface area contributed by atoms with Crippen LogP contribution in [0.3, 0.4) is 0 Å². The van der Waals surface area contributed by atoms with E-state index >= 15 is 0 Å². The van der Waals surface area contributed by atoms with Crippen LogP contribution in [-0.2, 0) is 4.79 Å². The van der Waals surface area contributed by atoms with Crippen molar-refractivity contribution in [1.82, 2.24) is 15.0 Å². The lowest BCUT2D eigenvalue weighted by Crippen LogP contribution is -2.11. The number of carbonyl (C=O) groups excluding carboxylic acids is 1. The maximum Gasteiger partial charge on any atom is 0.238 e. The Morgan fingerprint density at radius 3 is 2.56 bits per heavy atom. The van der Waals surface area contributed by atoms with E-state index in [4.69, 9.17) is 10.00 Å². The molecule has 0 spiro atoms. The van der Waals surface area contributed by atoms with Crippen LogP contribution in [-0.4, -0.2) is 27.5 Å². The van der Waals surface area contributed by atoms with Gasteiger partial charge < -0.3 is 10.1 Å². The van der Waals surface area contributed by atoms with Crippen molar-refractivity contribution in [2.45, 2.75) is 20.3 Å². The summed E-state index contributed by atoms with van der Waals surface area (Å²) in [6.45, 7) is 4.42. The standard InChI is InChI=1S/C18H17N5O2/c1-3-25-14-6-4-13(5-7-14)23-21-16-10-12(2)15(11-17(16)22-23)20-18(24)8-9-19/h4-7,10-11H,3,8H2,1-2H3,(H,20,24). The van der Waals surface area contributed by atoms with Gasteiger partial charge in [-0.3, -0.25) is 4.79 Å². The Kier molecular flexibility index (Phi) is 4.61. The third-order valence-corrected chi connectivity index (χ3v) is 3.62. The first kappa shape index (κ1) is 16.5. The normalized spacial score (nSPS) is 10.4. The first-order chi connectivity index (χ1) is 12.1. The smallest absolute Gasteiger partial charge is 0.238 e. The van der Waals surface area contributed by atoms with Crippen molar-refractivity contribution in [3.63, 3.8) is 0 Å². The van der Waals surface area contributed by atoms with Crippen LogP contribution in [0.4, 0.5) is 5.69 Å². The van der Waals surface area contributed by atoms with Gasteiger partial charge in [-0.15, -0.1) is 10.2 Å². The number of aryl methyl sites for hydroxylation is 1. The van der Waals surface area contributed by atoms with E-state index in [2.05, 4.69) is 15.5 Å². The number of rotatable bonds is 5. The van der Waals surface area contributed by atoms with Crippen molar-refractivity contribution in [1.29, 1.82) is 5.26 Å². The molecule has 0 bridgehead atoms. The van der Waals surface area contributed by atoms with Crippen molar-refractivity contribution in [2.75, 3.05) is 11.9 Å². The fourth-order valence-electron chi connectivity index (χ4n) is 2.43. The van der Waals surface area contributed by atoms with E-state index in [0.29, 0.717) is 17.8 Å². The highest BCUT2D eigenvalue weighted by Crippen LogP contribution is 2.23. The van der Waals surface area contributed by atoms with Crippen LogP contribution in [0.5, 0.6) is 5.75 Å². The highest BCUT2D eigenvalue weighted by molar-refractivity contribution is 5.95. The van der Waals surface area contributed by atoms with Crippen molar-refractivity contribution in [3.05, 3.63) is 42.0 Å². The third kappa shape index (κ3) is 3.58. The summed E-state index contributed by atoms with van der Waals surface area (Å²) in [6, 6.07) is 12.9. The fraction of sp³-hybridized carbons (Fsp3) is 0.222. The molecule has 0 saturated carbocycles. The Morgan fingerprint density at radius 1 is 1.24 bits per heavy atom. The zero-order valence-electron chi connectivity index (χ0n) is 14.0. The lowest BCUT2D eigenvalue weighted by molar-refractivity contribution is -0.115. The molecule has 0 aliphatic heterocycles. The number of fused-ring (bicyclic) bond motifs is 1. The SMILES string of the molecule is CCOc1ccc(-n2nc3cc(C)c(NC(=O)CC#N)cc3n2)cc1. The second kappa shape index (κ2) is 7.01. The summed E-state index contributed by atoms with van der Waals surface area (Å²) in [5.74, 6) is 0.449. The second-order valence-electron chi connectivity index (χ2n) is 5.46. The molecule has 0 unspecified atom stereocenters. The van der Waals surface area contributed by atoms with Gasteiger partial charge in [-0.1, -0.05) is 0 Å². The van der Waals surface area contributed by atoms with Gasteiger partial charge in [-0.05, 0) is 55.8 Å². The number of nitrogens with one attached hydrogen (secondary N) is 1. The molecule has 25 heavy (non-hydrogen) atoms. The van der Waals surface area contributed by atoms with E-state index in [1.165, 1.54) is 0 Å². The molecule has 1 N–H and O–H groups in total. The maximum absolute atomic E-state index is 11.6. The molecule has 0 radical (unpaired) electrons. The molecule has 0 aliphatic rings. The van der Waals surface area contributed by atoms with Crippen molar-refractivity contribution < 1.29 is 9.53 Å². The van der Waals surface area contributed by atoms with Crippen LogP contribution < -0.4 is 10.1 Å². The highest BCUT2D eigenvalue weighted by atomic mass is 16.5. The van der Waals surface area contributed by atoms with E-state index in [1.807, 2.05) is 50.2 Å². The minimum atomic E-state index is -0.344. The Hall–Kier alpha value is -3.40. The molecule has 126 valence electrons. The zero-order chi connectivity index (χ0) is 17.8. The molecule has 0 atom stereocenters. The molecule has 0 aliphatic carbocycles. The lowest BCUT2D eigenvalue weighted by Gasteiger charge is -2.05. The number of hydrogen-bond acceptors (Lipinski definition) is 5. The average molecular weight is 335 g/mol. The van der Waals surface area contributed by atoms with Gasteiger partial charge in [0.25, 0.3) is 0 Å². The molecular formula is C18H17N5O2. The quantitative estimate of drug-likeness (QED) is 0.774. The van der Waals surface area contributed by atoms with E-state index < -0.39 is 0 Å². The van der Waals surface area contributed by atoms with Gasteiger partial charge in [0.15, 0.2) is 0 Å². The molecule has 1 aromatic heterocycles. The Balaban J connectivity index is 1.91. The number of carbonyl (C=O) groups is 1. The van der Waals surface area contributed by atoms with Gasteiger partial charge in [0.2, 0.25) is 5.91 Å². The van der Waals surface area contributed by atoms with Crippen molar-refractivity contribution in [2.24, 2.45) is 0 Å². The second-order valence-corrected chi connectivity index (χ2v) is 5.46. The molecule has 1 heterocycles. The van der Waals surface area contributed by atoms with Gasteiger partial charge in [-0.25, -0.2) is 0 Å². The first-order valence-electron chi connectivity index (χ1n) is 7.88. The number of ether oxygens (including phenoxy) is 1. The van der Waals surface area contributed by atoms with Crippen LogP contribution in [0.2, 0.25) is 0 Å². The monoisotopic (exact) mass is 335 g/mol. The van der Waals surface area contributed by atoms with Crippen LogP contribution in [0.25, 0.3) is 16.7 Å². The van der Waals surface area contributed by atoms with Crippen molar-refractivity contribution in [3.8, 4) is 17.5 Å². The number of nitrogens with zero attached hydrogens (tertiary/aromatic N) is 4. The van der Waals surface area contributed by atoms with E-state index in [-0.39, 0.29) is 12.3 Å². The van der Waals surface area contributed by atoms with E-state index in [1.54, 1.807) is 10.9 Å². The van der Waals surface area contributed by atoms with Gasteiger partial charge in [0.1, 0.15) is 23.2 Å². The van der Waals surface area contributed by atoms with Crippen molar-refractivity contribution >= 4 is 22.6 Å². The molecule has 7 heteroatoms. The Labute approximate surface area is 144 Å². The van der Waals surface area contributed by atoms with Crippen LogP contribution in [0.15, 0.2) is 36.4 Å². The lowest BCUT2D eigenvalue weighted by atomic mass is 10.1. The third-order valence-electron chi connectivity index (χ3n) is 3.62. The summed E-state index contributed by atoms with van der Waals surface area (Å²) in [5.41, 5.74) is 3.69. The molecular weight excluding hydrogens is 318 g/mol. The van der Waals surface area contributed by atoms with Gasteiger partial charge >= 0.3 is 0 Å². The summed E-state index contributed by atoms with van der Waals surface area (Å²) in [4.78, 5) is 13.2. The summed E-state index contributed by atoms with van der Waals surface area (Å²) < 4.78 is 5.43.